The van der Waals surface area contributed by atoms with Gasteiger partial charge >= 0.3 is 12.2 Å². The highest BCUT2D eigenvalue weighted by Gasteiger charge is 2.34. The minimum Gasteiger partial charge on any atom is -0.465 e. The number of likely N-dealkylation sites (tertiary alicyclic amines) is 1. The molecule has 194 valence electrons. The van der Waals surface area contributed by atoms with Gasteiger partial charge in [0.2, 0.25) is 5.91 Å². The molecule has 9 heteroatoms. The number of hydrogen-bond acceptors (Lipinski definition) is 5. The van der Waals surface area contributed by atoms with Crippen molar-refractivity contribution in [3.63, 3.8) is 0 Å². The first-order valence-electron chi connectivity index (χ1n) is 12.1. The minimum atomic E-state index is -1.09. The molecule has 3 amide bonds. The van der Waals surface area contributed by atoms with E-state index < -0.39 is 29.9 Å². The fraction of sp³-hybridized carbons (Fsp3) is 0.444. The molecule has 2 aromatic rings. The fourth-order valence-corrected chi connectivity index (χ4v) is 4.09. The smallest absolute Gasteiger partial charge is 0.410 e. The molecule has 3 N–H and O–H groups in total. The molecule has 0 aliphatic carbocycles. The van der Waals surface area contributed by atoms with Crippen LogP contribution in [0.3, 0.4) is 0 Å². The lowest BCUT2D eigenvalue weighted by molar-refractivity contribution is -0.119. The topological polar surface area (TPSA) is 119 Å². The molecule has 0 spiro atoms. The van der Waals surface area contributed by atoms with E-state index in [1.54, 1.807) is 32.9 Å². The molecule has 0 aromatic heterocycles. The summed E-state index contributed by atoms with van der Waals surface area (Å²) in [6.45, 7) is 6.18. The summed E-state index contributed by atoms with van der Waals surface area (Å²) in [7, 11) is 0. The molecule has 1 saturated heterocycles. The van der Waals surface area contributed by atoms with Crippen LogP contribution >= 0.6 is 0 Å². The van der Waals surface area contributed by atoms with Crippen LogP contribution in [-0.4, -0.2) is 69.4 Å². The average molecular weight is 498 g/mol. The van der Waals surface area contributed by atoms with Gasteiger partial charge in [-0.05, 0) is 63.3 Å². The van der Waals surface area contributed by atoms with Gasteiger partial charge in [0, 0.05) is 18.8 Å². The third-order valence-corrected chi connectivity index (χ3v) is 5.92. The molecular weight excluding hydrogens is 462 g/mol. The maximum Gasteiger partial charge on any atom is 0.410 e. The Morgan fingerprint density at radius 2 is 1.78 bits per heavy atom. The van der Waals surface area contributed by atoms with Crippen LogP contribution in [0.25, 0.3) is 0 Å². The van der Waals surface area contributed by atoms with E-state index in [4.69, 9.17) is 4.74 Å². The van der Waals surface area contributed by atoms with Crippen molar-refractivity contribution >= 4 is 23.8 Å². The largest absolute Gasteiger partial charge is 0.465 e. The van der Waals surface area contributed by atoms with Crippen LogP contribution in [-0.2, 0) is 16.0 Å². The lowest BCUT2D eigenvalue weighted by Crippen LogP contribution is -2.42. The lowest BCUT2D eigenvalue weighted by atomic mass is 10.1. The number of aliphatic hydroxyl groups excluding tert-OH is 1. The summed E-state index contributed by atoms with van der Waals surface area (Å²) in [6.07, 6.45) is -0.750. The van der Waals surface area contributed by atoms with Gasteiger partial charge in [0.15, 0.2) is 0 Å². The van der Waals surface area contributed by atoms with Crippen molar-refractivity contribution in [1.82, 2.24) is 9.80 Å². The van der Waals surface area contributed by atoms with E-state index in [0.717, 1.165) is 11.1 Å². The monoisotopic (exact) mass is 497 g/mol. The number of ether oxygens (including phenoxy) is 1. The highest BCUT2D eigenvalue weighted by atomic mass is 16.6. The van der Waals surface area contributed by atoms with Crippen molar-refractivity contribution in [3.05, 3.63) is 65.7 Å². The van der Waals surface area contributed by atoms with Gasteiger partial charge in [-0.1, -0.05) is 42.5 Å². The second-order valence-electron chi connectivity index (χ2n) is 9.92. The normalized spacial score (nSPS) is 16.3. The van der Waals surface area contributed by atoms with Gasteiger partial charge in [0.05, 0.1) is 12.6 Å². The quantitative estimate of drug-likeness (QED) is 0.501. The average Bonchev–Trinajstić information content (AvgIpc) is 3.33. The second-order valence-corrected chi connectivity index (χ2v) is 9.92. The number of carbonyl (C=O) groups excluding carboxylic acids is 2. The molecule has 2 unspecified atom stereocenters. The zero-order chi connectivity index (χ0) is 26.3. The van der Waals surface area contributed by atoms with Crippen LogP contribution in [0, 0.1) is 0 Å². The summed E-state index contributed by atoms with van der Waals surface area (Å²) in [5.41, 5.74) is 1.56. The Balaban J connectivity index is 1.61. The van der Waals surface area contributed by atoms with Crippen LogP contribution < -0.4 is 5.32 Å². The molecule has 1 heterocycles. The van der Waals surface area contributed by atoms with Crippen molar-refractivity contribution in [2.24, 2.45) is 0 Å². The fourth-order valence-electron chi connectivity index (χ4n) is 4.09. The Morgan fingerprint density at radius 3 is 2.39 bits per heavy atom. The van der Waals surface area contributed by atoms with Gasteiger partial charge in [-0.25, -0.2) is 9.59 Å². The van der Waals surface area contributed by atoms with E-state index in [-0.39, 0.29) is 12.5 Å². The standard InChI is InChI=1S/C27H35N3O6/c1-27(2,3)36-26(35)29(18-23(31)20-8-5-4-6-9-20)17-15-19-11-13-21(14-12-19)28-24(32)22-10-7-16-30(22)25(33)34/h4-6,8-9,11-14,22-23,31H,7,10,15-18H2,1-3H3,(H,28,32)(H,33,34). The molecule has 1 fully saturated rings. The first-order chi connectivity index (χ1) is 17.0. The summed E-state index contributed by atoms with van der Waals surface area (Å²) in [4.78, 5) is 39.3. The van der Waals surface area contributed by atoms with Crippen LogP contribution in [0.5, 0.6) is 0 Å². The SMILES string of the molecule is CC(C)(C)OC(=O)N(CCc1ccc(NC(=O)C2CCCN2C(=O)O)cc1)CC(O)c1ccccc1. The minimum absolute atomic E-state index is 0.0918. The highest BCUT2D eigenvalue weighted by Crippen LogP contribution is 2.21. The van der Waals surface area contributed by atoms with E-state index >= 15 is 0 Å². The molecular formula is C27H35N3O6. The number of anilines is 1. The first-order valence-corrected chi connectivity index (χ1v) is 12.1. The molecule has 0 radical (unpaired) electrons. The first kappa shape index (κ1) is 27.0. The number of nitrogens with zero attached hydrogens (tertiary/aromatic N) is 2. The number of amides is 3. The molecule has 1 aliphatic rings. The van der Waals surface area contributed by atoms with E-state index in [1.165, 1.54) is 9.80 Å². The molecule has 2 aromatic carbocycles. The lowest BCUT2D eigenvalue weighted by Gasteiger charge is -2.29. The molecule has 9 nitrogen and oxygen atoms in total. The van der Waals surface area contributed by atoms with Gasteiger partial charge < -0.3 is 25.2 Å². The van der Waals surface area contributed by atoms with Crippen LogP contribution in [0.2, 0.25) is 0 Å². The Labute approximate surface area is 211 Å². The third kappa shape index (κ3) is 7.71. The van der Waals surface area contributed by atoms with Crippen molar-refractivity contribution in [1.29, 1.82) is 0 Å². The number of rotatable bonds is 8. The Hall–Kier alpha value is -3.59. The summed E-state index contributed by atoms with van der Waals surface area (Å²) >= 11 is 0. The molecule has 1 aliphatic heterocycles. The van der Waals surface area contributed by atoms with Gasteiger partial charge in [0.1, 0.15) is 11.6 Å². The Kier molecular flexibility index (Phi) is 8.93. The Bertz CT molecular complexity index is 1040. The second kappa shape index (κ2) is 11.9. The number of carbonyl (C=O) groups is 3. The van der Waals surface area contributed by atoms with E-state index in [2.05, 4.69) is 5.32 Å². The predicted octanol–water partition coefficient (Wildman–Crippen LogP) is 4.28. The van der Waals surface area contributed by atoms with Gasteiger partial charge in [-0.15, -0.1) is 0 Å². The molecule has 2 atom stereocenters. The van der Waals surface area contributed by atoms with Crippen molar-refractivity contribution < 1.29 is 29.3 Å². The van der Waals surface area contributed by atoms with Crippen LogP contribution in [0.1, 0.15) is 50.8 Å². The van der Waals surface area contributed by atoms with E-state index in [1.807, 2.05) is 42.5 Å². The maximum absolute atomic E-state index is 12.8. The van der Waals surface area contributed by atoms with Crippen LogP contribution in [0.4, 0.5) is 15.3 Å². The van der Waals surface area contributed by atoms with Crippen molar-refractivity contribution in [2.75, 3.05) is 25.0 Å². The summed E-state index contributed by atoms with van der Waals surface area (Å²) in [6, 6.07) is 15.7. The third-order valence-electron chi connectivity index (χ3n) is 5.92. The van der Waals surface area contributed by atoms with E-state index in [0.29, 0.717) is 38.0 Å². The predicted molar refractivity (Wildman–Crippen MR) is 136 cm³/mol. The van der Waals surface area contributed by atoms with E-state index in [9.17, 15) is 24.6 Å². The van der Waals surface area contributed by atoms with Gasteiger partial charge in [0.25, 0.3) is 0 Å². The molecule has 36 heavy (non-hydrogen) atoms. The zero-order valence-electron chi connectivity index (χ0n) is 21.0. The van der Waals surface area contributed by atoms with Crippen molar-refractivity contribution in [2.45, 2.75) is 57.8 Å². The number of benzene rings is 2. The number of hydrogen-bond donors (Lipinski definition) is 3. The zero-order valence-corrected chi connectivity index (χ0v) is 21.0. The number of carboxylic acid groups (broad SMARTS) is 1. The van der Waals surface area contributed by atoms with Crippen LogP contribution in [0.15, 0.2) is 54.6 Å². The van der Waals surface area contributed by atoms with Gasteiger partial charge in [-0.3, -0.25) is 9.69 Å². The highest BCUT2D eigenvalue weighted by molar-refractivity contribution is 5.96. The maximum atomic E-state index is 12.8. The number of aliphatic hydroxyl groups is 1. The summed E-state index contributed by atoms with van der Waals surface area (Å²) < 4.78 is 5.54. The summed E-state index contributed by atoms with van der Waals surface area (Å²) in [5, 5.41) is 22.7. The molecule has 0 saturated carbocycles. The number of nitrogens with one attached hydrogen (secondary N) is 1. The van der Waals surface area contributed by atoms with Crippen molar-refractivity contribution in [3.8, 4) is 0 Å². The molecule has 0 bridgehead atoms. The molecule has 3 rings (SSSR count). The summed E-state index contributed by atoms with van der Waals surface area (Å²) in [5.74, 6) is -0.339. The Morgan fingerprint density at radius 1 is 1.11 bits per heavy atom. The van der Waals surface area contributed by atoms with Gasteiger partial charge in [-0.2, -0.15) is 0 Å².